The zero-order valence-electron chi connectivity index (χ0n) is 36.8. The third-order valence-electron chi connectivity index (χ3n) is 18.5. The van der Waals surface area contributed by atoms with E-state index >= 15 is 0 Å². The summed E-state index contributed by atoms with van der Waals surface area (Å²) in [5, 5.41) is 0. The number of nitrogens with zero attached hydrogens (tertiary/aromatic N) is 2. The third kappa shape index (κ3) is 10.4. The lowest BCUT2D eigenvalue weighted by molar-refractivity contribution is -0.108. The largest absolute Gasteiger partial charge is 0.294 e. The fourth-order valence-electron chi connectivity index (χ4n) is 15.2. The molecule has 55 heavy (non-hydrogen) atoms. The standard InChI is InChI=1S/C53H90N2/c1-39-18-30-46(31-19-39)54(47-34-26-44(27-35-47)24-22-42-12-6-4-7-13-42)52-38-41(3)53(51-17-11-10-16-50(51)52)55(48-32-20-40(2)21-33-48)49-36-28-45(29-37-49)25-23-43-14-8-5-9-15-43/h22-25,39-53H,4-21,26-38H2,1-3H3/b24-22+,25-23+. The van der Waals surface area contributed by atoms with Crippen molar-refractivity contribution >= 4 is 0 Å². The van der Waals surface area contributed by atoms with Gasteiger partial charge < -0.3 is 0 Å². The Bertz CT molecular complexity index is 1160. The van der Waals surface area contributed by atoms with Crippen LogP contribution in [-0.2, 0) is 0 Å². The molecule has 0 spiro atoms. The predicted octanol–water partition coefficient (Wildman–Crippen LogP) is 14.7. The van der Waals surface area contributed by atoms with Crippen LogP contribution in [0.1, 0.15) is 220 Å². The topological polar surface area (TPSA) is 6.48 Å². The van der Waals surface area contributed by atoms with Crippen molar-refractivity contribution in [1.82, 2.24) is 9.80 Å². The molecule has 0 aromatic carbocycles. The van der Waals surface area contributed by atoms with E-state index < -0.39 is 0 Å². The summed E-state index contributed by atoms with van der Waals surface area (Å²) in [5.74, 6) is 8.10. The van der Waals surface area contributed by atoms with Gasteiger partial charge in [0.25, 0.3) is 0 Å². The fourth-order valence-corrected chi connectivity index (χ4v) is 15.2. The van der Waals surface area contributed by atoms with Gasteiger partial charge in [-0.3, -0.25) is 9.80 Å². The number of allylic oxidation sites excluding steroid dienone is 4. The van der Waals surface area contributed by atoms with Crippen molar-refractivity contribution in [2.75, 3.05) is 0 Å². The molecule has 2 heteroatoms. The molecule has 8 rings (SSSR count). The SMILES string of the molecule is CC1CCC(N(C2CCC(/C=C/C3CCCCC3)CC2)C2CC(C)C(N(C3CCC(C)CC3)C3CCC(/C=C/C4CCCCC4)CC3)C3CCCCC32)CC1. The quantitative estimate of drug-likeness (QED) is 0.205. The Balaban J connectivity index is 0.993. The molecule has 2 nitrogen and oxygen atoms in total. The average molecular weight is 755 g/mol. The molecule has 0 saturated heterocycles. The van der Waals surface area contributed by atoms with Gasteiger partial charge in [-0.25, -0.2) is 0 Å². The van der Waals surface area contributed by atoms with Crippen LogP contribution in [0.3, 0.4) is 0 Å². The van der Waals surface area contributed by atoms with Crippen molar-refractivity contribution in [2.45, 2.75) is 256 Å². The van der Waals surface area contributed by atoms with Crippen LogP contribution in [-0.4, -0.2) is 46.1 Å². The minimum atomic E-state index is 0.840. The van der Waals surface area contributed by atoms with E-state index in [0.717, 1.165) is 89.5 Å². The summed E-state index contributed by atoms with van der Waals surface area (Å²) in [6.07, 6.45) is 56.6. The highest BCUT2D eigenvalue weighted by Gasteiger charge is 2.52. The molecule has 8 aliphatic carbocycles. The van der Waals surface area contributed by atoms with Crippen LogP contribution >= 0.6 is 0 Å². The molecule has 8 saturated carbocycles. The second-order valence-electron chi connectivity index (χ2n) is 22.3. The van der Waals surface area contributed by atoms with E-state index in [0.29, 0.717) is 0 Å². The molecule has 0 bridgehead atoms. The molecule has 0 aromatic heterocycles. The lowest BCUT2D eigenvalue weighted by atomic mass is 9.60. The highest BCUT2D eigenvalue weighted by molar-refractivity contribution is 5.07. The van der Waals surface area contributed by atoms with Crippen molar-refractivity contribution in [3.05, 3.63) is 24.3 Å². The second kappa shape index (κ2) is 20.1. The molecule has 8 aliphatic rings. The van der Waals surface area contributed by atoms with Crippen LogP contribution in [0.4, 0.5) is 0 Å². The Morgan fingerprint density at radius 2 is 0.673 bits per heavy atom. The van der Waals surface area contributed by atoms with Gasteiger partial charge in [-0.1, -0.05) is 96.4 Å². The highest BCUT2D eigenvalue weighted by atomic mass is 15.3. The average Bonchev–Trinajstić information content (AvgIpc) is 3.23. The first-order valence-electron chi connectivity index (χ1n) is 25.9. The lowest BCUT2D eigenvalue weighted by Crippen LogP contribution is -2.65. The van der Waals surface area contributed by atoms with Crippen molar-refractivity contribution in [2.24, 2.45) is 53.3 Å². The highest BCUT2D eigenvalue weighted by Crippen LogP contribution is 2.52. The first-order valence-corrected chi connectivity index (χ1v) is 25.9. The molecule has 8 fully saturated rings. The molecule has 0 amide bonds. The third-order valence-corrected chi connectivity index (χ3v) is 18.5. The maximum atomic E-state index is 3.38. The fraction of sp³-hybridized carbons (Fsp3) is 0.925. The van der Waals surface area contributed by atoms with E-state index in [1.165, 1.54) is 199 Å². The molecule has 0 aromatic rings. The molecule has 5 unspecified atom stereocenters. The Hall–Kier alpha value is -0.600. The van der Waals surface area contributed by atoms with Crippen LogP contribution in [0.5, 0.6) is 0 Å². The van der Waals surface area contributed by atoms with E-state index in [1.807, 2.05) is 0 Å². The zero-order valence-corrected chi connectivity index (χ0v) is 36.8. The lowest BCUT2D eigenvalue weighted by Gasteiger charge is -2.60. The number of fused-ring (bicyclic) bond motifs is 1. The van der Waals surface area contributed by atoms with Gasteiger partial charge in [0.15, 0.2) is 0 Å². The van der Waals surface area contributed by atoms with Crippen molar-refractivity contribution in [1.29, 1.82) is 0 Å². The molecule has 0 heterocycles. The summed E-state index contributed by atoms with van der Waals surface area (Å²) in [7, 11) is 0. The van der Waals surface area contributed by atoms with Crippen LogP contribution in [0, 0.1) is 53.3 Å². The van der Waals surface area contributed by atoms with Gasteiger partial charge in [0.05, 0.1) is 0 Å². The molecular formula is C53H90N2. The first-order chi connectivity index (χ1) is 27.0. The van der Waals surface area contributed by atoms with E-state index in [2.05, 4.69) is 54.9 Å². The van der Waals surface area contributed by atoms with Gasteiger partial charge >= 0.3 is 0 Å². The van der Waals surface area contributed by atoms with Crippen molar-refractivity contribution in [3.63, 3.8) is 0 Å². The van der Waals surface area contributed by atoms with Crippen LogP contribution in [0.25, 0.3) is 0 Å². The molecule has 5 atom stereocenters. The van der Waals surface area contributed by atoms with Crippen LogP contribution in [0.2, 0.25) is 0 Å². The molecule has 312 valence electrons. The maximum absolute atomic E-state index is 3.38. The van der Waals surface area contributed by atoms with Gasteiger partial charge in [-0.2, -0.15) is 0 Å². The zero-order chi connectivity index (χ0) is 37.6. The second-order valence-corrected chi connectivity index (χ2v) is 22.3. The van der Waals surface area contributed by atoms with Gasteiger partial charge in [0.1, 0.15) is 0 Å². The number of hydrogen-bond donors (Lipinski definition) is 0. The van der Waals surface area contributed by atoms with E-state index in [-0.39, 0.29) is 0 Å². The van der Waals surface area contributed by atoms with Crippen LogP contribution in [0.15, 0.2) is 24.3 Å². The molecular weight excluding hydrogens is 665 g/mol. The first kappa shape index (κ1) is 41.1. The Labute approximate surface area is 342 Å². The van der Waals surface area contributed by atoms with E-state index in [1.54, 1.807) is 0 Å². The number of hydrogen-bond acceptors (Lipinski definition) is 2. The predicted molar refractivity (Wildman–Crippen MR) is 236 cm³/mol. The Morgan fingerprint density at radius 3 is 1.11 bits per heavy atom. The summed E-state index contributed by atoms with van der Waals surface area (Å²) >= 11 is 0. The Kier molecular flexibility index (Phi) is 15.0. The number of rotatable bonds is 10. The van der Waals surface area contributed by atoms with Crippen molar-refractivity contribution < 1.29 is 0 Å². The van der Waals surface area contributed by atoms with Gasteiger partial charge in [-0.05, 0) is 201 Å². The smallest absolute Gasteiger partial charge is 0.0159 e. The van der Waals surface area contributed by atoms with Crippen LogP contribution < -0.4 is 0 Å². The minimum absolute atomic E-state index is 0.840. The van der Waals surface area contributed by atoms with E-state index in [4.69, 9.17) is 0 Å². The van der Waals surface area contributed by atoms with E-state index in [9.17, 15) is 0 Å². The molecule has 0 aliphatic heterocycles. The monoisotopic (exact) mass is 755 g/mol. The summed E-state index contributed by atoms with van der Waals surface area (Å²) in [6.45, 7) is 7.90. The summed E-state index contributed by atoms with van der Waals surface area (Å²) < 4.78 is 0. The normalized spacial score (nSPS) is 43.3. The summed E-state index contributed by atoms with van der Waals surface area (Å²) in [4.78, 5) is 6.76. The maximum Gasteiger partial charge on any atom is 0.0159 e. The summed E-state index contributed by atoms with van der Waals surface area (Å²) in [5.41, 5.74) is 0. The van der Waals surface area contributed by atoms with Gasteiger partial charge in [0.2, 0.25) is 0 Å². The summed E-state index contributed by atoms with van der Waals surface area (Å²) in [6, 6.07) is 5.10. The molecule has 0 N–H and O–H groups in total. The van der Waals surface area contributed by atoms with Gasteiger partial charge in [-0.15, -0.1) is 0 Å². The minimum Gasteiger partial charge on any atom is -0.294 e. The van der Waals surface area contributed by atoms with Gasteiger partial charge in [0, 0.05) is 36.3 Å². The van der Waals surface area contributed by atoms with Crippen molar-refractivity contribution in [3.8, 4) is 0 Å². The Morgan fingerprint density at radius 1 is 0.327 bits per heavy atom. The molecule has 0 radical (unpaired) electrons.